The van der Waals surface area contributed by atoms with Gasteiger partial charge in [0.05, 0.1) is 25.4 Å². The minimum absolute atomic E-state index is 0.0822. The van der Waals surface area contributed by atoms with E-state index in [1.54, 1.807) is 48.3 Å². The summed E-state index contributed by atoms with van der Waals surface area (Å²) in [7, 11) is 3.38. The molecule has 30 heavy (non-hydrogen) atoms. The lowest BCUT2D eigenvalue weighted by atomic mass is 10.1. The largest absolute Gasteiger partial charge is 0.493 e. The molecule has 0 aliphatic heterocycles. The fourth-order valence-corrected chi connectivity index (χ4v) is 3.10. The van der Waals surface area contributed by atoms with Crippen LogP contribution in [0.25, 0.3) is 5.69 Å². The molecule has 0 N–H and O–H groups in total. The fraction of sp³-hybridized carbons (Fsp3) is 0.348. The number of rotatable bonds is 9. The van der Waals surface area contributed by atoms with Crippen molar-refractivity contribution in [2.24, 2.45) is 0 Å². The molecule has 0 fully saturated rings. The Morgan fingerprint density at radius 2 is 1.93 bits per heavy atom. The van der Waals surface area contributed by atoms with E-state index in [2.05, 4.69) is 17.0 Å². The van der Waals surface area contributed by atoms with Gasteiger partial charge in [0, 0.05) is 12.6 Å². The third-order valence-corrected chi connectivity index (χ3v) is 5.13. The second kappa shape index (κ2) is 9.91. The van der Waals surface area contributed by atoms with Gasteiger partial charge in [-0.3, -0.25) is 4.79 Å². The lowest BCUT2D eigenvalue weighted by Crippen LogP contribution is -2.29. The molecule has 3 aromatic rings. The molecule has 0 saturated carbocycles. The Morgan fingerprint density at radius 1 is 1.17 bits per heavy atom. The average Bonchev–Trinajstić information content (AvgIpc) is 3.33. The minimum atomic E-state index is -0.103. The summed E-state index contributed by atoms with van der Waals surface area (Å²) in [6.45, 7) is 4.74. The molecule has 3 rings (SSSR count). The van der Waals surface area contributed by atoms with E-state index < -0.39 is 0 Å². The van der Waals surface area contributed by atoms with Crippen molar-refractivity contribution in [3.63, 3.8) is 0 Å². The van der Waals surface area contributed by atoms with Crippen molar-refractivity contribution in [2.45, 2.75) is 32.7 Å². The van der Waals surface area contributed by atoms with Crippen LogP contribution in [0.5, 0.6) is 11.5 Å². The van der Waals surface area contributed by atoms with E-state index in [1.807, 2.05) is 31.2 Å². The van der Waals surface area contributed by atoms with E-state index in [4.69, 9.17) is 9.47 Å². The highest BCUT2D eigenvalue weighted by Gasteiger charge is 2.20. The monoisotopic (exact) mass is 408 g/mol. The standard InChI is InChI=1S/C23H28N4O3/c1-5-6-13-30-21-12-9-19(14-22(21)29-4)23(28)26(3)17(2)18-7-10-20(11-8-18)27-16-24-15-25-27/h7-12,14-17H,5-6,13H2,1-4H3/t17-/m1/s1. The molecule has 7 nitrogen and oxygen atoms in total. The first-order chi connectivity index (χ1) is 14.5. The molecule has 0 bridgehead atoms. The number of carbonyl (C=O) groups excluding carboxylic acids is 1. The van der Waals surface area contributed by atoms with Crippen LogP contribution in [0.15, 0.2) is 55.1 Å². The molecule has 0 unspecified atom stereocenters. The second-order valence-electron chi connectivity index (χ2n) is 7.09. The minimum Gasteiger partial charge on any atom is -0.493 e. The van der Waals surface area contributed by atoms with Gasteiger partial charge in [-0.05, 0) is 49.2 Å². The summed E-state index contributed by atoms with van der Waals surface area (Å²) in [5, 5.41) is 4.13. The maximum absolute atomic E-state index is 13.1. The van der Waals surface area contributed by atoms with Crippen LogP contribution in [-0.2, 0) is 0 Å². The van der Waals surface area contributed by atoms with Crippen LogP contribution < -0.4 is 9.47 Å². The summed E-state index contributed by atoms with van der Waals surface area (Å²) in [5.74, 6) is 1.14. The average molecular weight is 409 g/mol. The topological polar surface area (TPSA) is 69.5 Å². The Morgan fingerprint density at radius 3 is 2.57 bits per heavy atom. The lowest BCUT2D eigenvalue weighted by Gasteiger charge is -2.26. The van der Waals surface area contributed by atoms with Crippen LogP contribution in [0.4, 0.5) is 0 Å². The number of carbonyl (C=O) groups is 1. The molecule has 1 aromatic heterocycles. The molecule has 1 atom stereocenters. The van der Waals surface area contributed by atoms with Crippen molar-refractivity contribution in [3.05, 3.63) is 66.2 Å². The molecular formula is C23H28N4O3. The Hall–Kier alpha value is -3.35. The van der Waals surface area contributed by atoms with E-state index in [9.17, 15) is 4.79 Å². The Balaban J connectivity index is 1.72. The summed E-state index contributed by atoms with van der Waals surface area (Å²) < 4.78 is 12.9. The third kappa shape index (κ3) is 4.79. The maximum Gasteiger partial charge on any atom is 0.254 e. The van der Waals surface area contributed by atoms with Crippen LogP contribution in [-0.4, -0.2) is 46.3 Å². The van der Waals surface area contributed by atoms with Gasteiger partial charge in [0.15, 0.2) is 11.5 Å². The zero-order chi connectivity index (χ0) is 21.5. The van der Waals surface area contributed by atoms with E-state index in [0.29, 0.717) is 23.7 Å². The van der Waals surface area contributed by atoms with Gasteiger partial charge in [-0.15, -0.1) is 0 Å². The SMILES string of the molecule is CCCCOc1ccc(C(=O)N(C)[C@H](C)c2ccc(-n3cncn3)cc2)cc1OC. The molecule has 2 aromatic carbocycles. The first-order valence-corrected chi connectivity index (χ1v) is 10.1. The van der Waals surface area contributed by atoms with Crippen molar-refractivity contribution >= 4 is 5.91 Å². The molecule has 1 amide bonds. The number of aromatic nitrogens is 3. The molecule has 0 radical (unpaired) electrons. The molecule has 1 heterocycles. The third-order valence-electron chi connectivity index (χ3n) is 5.13. The van der Waals surface area contributed by atoms with Crippen molar-refractivity contribution in [1.29, 1.82) is 0 Å². The molecule has 0 saturated heterocycles. The first-order valence-electron chi connectivity index (χ1n) is 10.1. The van der Waals surface area contributed by atoms with Crippen LogP contribution in [0, 0.1) is 0 Å². The van der Waals surface area contributed by atoms with Crippen molar-refractivity contribution in [1.82, 2.24) is 19.7 Å². The second-order valence-corrected chi connectivity index (χ2v) is 7.09. The summed E-state index contributed by atoms with van der Waals surface area (Å²) in [6, 6.07) is 13.1. The maximum atomic E-state index is 13.1. The van der Waals surface area contributed by atoms with E-state index in [-0.39, 0.29) is 11.9 Å². The number of methoxy groups -OCH3 is 1. The summed E-state index contributed by atoms with van der Waals surface area (Å²) in [4.78, 5) is 18.7. The van der Waals surface area contributed by atoms with Gasteiger partial charge in [0.25, 0.3) is 5.91 Å². The predicted molar refractivity (Wildman–Crippen MR) is 115 cm³/mol. The molecule has 0 spiro atoms. The molecule has 0 aliphatic rings. The number of nitrogens with zero attached hydrogens (tertiary/aromatic N) is 4. The zero-order valence-corrected chi connectivity index (χ0v) is 17.9. The Kier molecular flexibility index (Phi) is 7.06. The van der Waals surface area contributed by atoms with Crippen LogP contribution >= 0.6 is 0 Å². The quantitative estimate of drug-likeness (QED) is 0.494. The van der Waals surface area contributed by atoms with Crippen LogP contribution in [0.1, 0.15) is 48.7 Å². The zero-order valence-electron chi connectivity index (χ0n) is 17.9. The first kappa shape index (κ1) is 21.4. The molecule has 7 heteroatoms. The van der Waals surface area contributed by atoms with Gasteiger partial charge in [0.1, 0.15) is 12.7 Å². The van der Waals surface area contributed by atoms with Crippen molar-refractivity contribution < 1.29 is 14.3 Å². The predicted octanol–water partition coefficient (Wildman–Crippen LogP) is 4.29. The molecular weight excluding hydrogens is 380 g/mol. The van der Waals surface area contributed by atoms with Gasteiger partial charge in [-0.1, -0.05) is 25.5 Å². The van der Waals surface area contributed by atoms with Crippen LogP contribution in [0.2, 0.25) is 0 Å². The molecule has 0 aliphatic carbocycles. The van der Waals surface area contributed by atoms with Gasteiger partial charge < -0.3 is 14.4 Å². The van der Waals surface area contributed by atoms with Crippen LogP contribution in [0.3, 0.4) is 0 Å². The van der Waals surface area contributed by atoms with Crippen molar-refractivity contribution in [3.8, 4) is 17.2 Å². The van der Waals surface area contributed by atoms with Gasteiger partial charge >= 0.3 is 0 Å². The number of ether oxygens (including phenoxy) is 2. The van der Waals surface area contributed by atoms with E-state index in [0.717, 1.165) is 24.1 Å². The van der Waals surface area contributed by atoms with Gasteiger partial charge in [0.2, 0.25) is 0 Å². The number of benzene rings is 2. The van der Waals surface area contributed by atoms with E-state index >= 15 is 0 Å². The lowest BCUT2D eigenvalue weighted by molar-refractivity contribution is 0.0742. The Bertz CT molecular complexity index is 955. The summed E-state index contributed by atoms with van der Waals surface area (Å²) in [5.41, 5.74) is 2.50. The van der Waals surface area contributed by atoms with Gasteiger partial charge in [-0.2, -0.15) is 5.10 Å². The summed E-state index contributed by atoms with van der Waals surface area (Å²) >= 11 is 0. The fourth-order valence-electron chi connectivity index (χ4n) is 3.10. The highest BCUT2D eigenvalue weighted by atomic mass is 16.5. The normalized spacial score (nSPS) is 11.7. The van der Waals surface area contributed by atoms with Crippen molar-refractivity contribution in [2.75, 3.05) is 20.8 Å². The number of amides is 1. The van der Waals surface area contributed by atoms with E-state index in [1.165, 1.54) is 6.33 Å². The number of hydrogen-bond acceptors (Lipinski definition) is 5. The Labute approximate surface area is 177 Å². The molecule has 158 valence electrons. The number of unbranched alkanes of at least 4 members (excludes halogenated alkanes) is 1. The highest BCUT2D eigenvalue weighted by Crippen LogP contribution is 2.30. The number of hydrogen-bond donors (Lipinski definition) is 0. The summed E-state index contributed by atoms with van der Waals surface area (Å²) in [6.07, 6.45) is 5.18. The highest BCUT2D eigenvalue weighted by molar-refractivity contribution is 5.95. The van der Waals surface area contributed by atoms with Gasteiger partial charge in [-0.25, -0.2) is 9.67 Å². The smallest absolute Gasteiger partial charge is 0.254 e.